The van der Waals surface area contributed by atoms with E-state index >= 15 is 0 Å². The van der Waals surface area contributed by atoms with Crippen molar-refractivity contribution in [3.05, 3.63) is 65.7 Å². The van der Waals surface area contributed by atoms with Gasteiger partial charge in [0.25, 0.3) is 5.91 Å². The number of thioether (sulfide) groups is 1. The average molecular weight is 369 g/mol. The standard InChI is InChI=1S/C21H23NO3S/c1-14-8-12-18(13-9-14)26-15(2)21(24)25-19(16-6-4-3-5-7-16)20(23)22-17-10-11-17/h3-9,12-13,15,17,19H,10-11H2,1-2H3,(H,22,23)/t15-,19-/m0/s1. The maximum atomic E-state index is 12.6. The second-order valence-electron chi connectivity index (χ2n) is 6.58. The van der Waals surface area contributed by atoms with Crippen LogP contribution in [0.15, 0.2) is 59.5 Å². The second kappa shape index (κ2) is 8.41. The summed E-state index contributed by atoms with van der Waals surface area (Å²) in [7, 11) is 0. The van der Waals surface area contributed by atoms with Gasteiger partial charge in [0.1, 0.15) is 5.25 Å². The zero-order valence-electron chi connectivity index (χ0n) is 15.0. The SMILES string of the molecule is Cc1ccc(S[C@@H](C)C(=O)O[C@H](C(=O)NC2CC2)c2ccccc2)cc1. The van der Waals surface area contributed by atoms with E-state index in [0.717, 1.165) is 17.7 Å². The Morgan fingerprint density at radius 3 is 2.35 bits per heavy atom. The molecule has 0 radical (unpaired) electrons. The van der Waals surface area contributed by atoms with Crippen molar-refractivity contribution >= 4 is 23.6 Å². The number of rotatable bonds is 7. The Hall–Kier alpha value is -2.27. The molecule has 5 heteroatoms. The van der Waals surface area contributed by atoms with E-state index in [-0.39, 0.29) is 11.9 Å². The molecule has 0 aromatic heterocycles. The highest BCUT2D eigenvalue weighted by Gasteiger charge is 2.32. The Morgan fingerprint density at radius 2 is 1.73 bits per heavy atom. The van der Waals surface area contributed by atoms with E-state index in [2.05, 4.69) is 5.32 Å². The van der Waals surface area contributed by atoms with Gasteiger partial charge in [-0.25, -0.2) is 0 Å². The summed E-state index contributed by atoms with van der Waals surface area (Å²) < 4.78 is 5.61. The van der Waals surface area contributed by atoms with Gasteiger partial charge in [-0.3, -0.25) is 9.59 Å². The smallest absolute Gasteiger partial charge is 0.320 e. The number of hydrogen-bond acceptors (Lipinski definition) is 4. The first-order chi connectivity index (χ1) is 12.5. The molecule has 136 valence electrons. The van der Waals surface area contributed by atoms with Crippen LogP contribution in [-0.2, 0) is 14.3 Å². The Bertz CT molecular complexity index is 757. The van der Waals surface area contributed by atoms with Gasteiger partial charge >= 0.3 is 5.97 Å². The van der Waals surface area contributed by atoms with E-state index in [1.807, 2.05) is 61.5 Å². The predicted molar refractivity (Wildman–Crippen MR) is 103 cm³/mol. The molecular formula is C21H23NO3S. The maximum Gasteiger partial charge on any atom is 0.320 e. The van der Waals surface area contributed by atoms with Crippen LogP contribution < -0.4 is 5.32 Å². The minimum atomic E-state index is -0.912. The van der Waals surface area contributed by atoms with E-state index < -0.39 is 17.3 Å². The van der Waals surface area contributed by atoms with Crippen LogP contribution in [0.3, 0.4) is 0 Å². The van der Waals surface area contributed by atoms with Crippen LogP contribution >= 0.6 is 11.8 Å². The molecule has 2 aromatic carbocycles. The first-order valence-electron chi connectivity index (χ1n) is 8.82. The summed E-state index contributed by atoms with van der Waals surface area (Å²) in [6, 6.07) is 17.4. The van der Waals surface area contributed by atoms with Gasteiger partial charge in [0.05, 0.1) is 0 Å². The number of hydrogen-bond donors (Lipinski definition) is 1. The lowest BCUT2D eigenvalue weighted by atomic mass is 10.1. The fourth-order valence-corrected chi connectivity index (χ4v) is 3.34. The monoisotopic (exact) mass is 369 g/mol. The highest BCUT2D eigenvalue weighted by atomic mass is 32.2. The molecule has 0 spiro atoms. The lowest BCUT2D eigenvalue weighted by molar-refractivity contribution is -0.155. The molecule has 26 heavy (non-hydrogen) atoms. The van der Waals surface area contributed by atoms with E-state index in [4.69, 9.17) is 4.74 Å². The van der Waals surface area contributed by atoms with Crippen LogP contribution in [0.1, 0.15) is 37.0 Å². The van der Waals surface area contributed by atoms with E-state index in [9.17, 15) is 9.59 Å². The number of carbonyl (C=O) groups is 2. The van der Waals surface area contributed by atoms with Crippen molar-refractivity contribution < 1.29 is 14.3 Å². The quantitative estimate of drug-likeness (QED) is 0.591. The second-order valence-corrected chi connectivity index (χ2v) is 8.00. The summed E-state index contributed by atoms with van der Waals surface area (Å²) in [4.78, 5) is 26.1. The Morgan fingerprint density at radius 1 is 1.08 bits per heavy atom. The zero-order valence-corrected chi connectivity index (χ0v) is 15.8. The molecule has 4 nitrogen and oxygen atoms in total. The van der Waals surface area contributed by atoms with Crippen molar-refractivity contribution in [1.82, 2.24) is 5.32 Å². The van der Waals surface area contributed by atoms with Gasteiger partial charge in [-0.2, -0.15) is 0 Å². The molecule has 0 aliphatic heterocycles. The highest BCUT2D eigenvalue weighted by molar-refractivity contribution is 8.00. The normalized spacial score (nSPS) is 15.8. The van der Waals surface area contributed by atoms with Crippen LogP contribution in [0.25, 0.3) is 0 Å². The summed E-state index contributed by atoms with van der Waals surface area (Å²) in [5.41, 5.74) is 1.86. The third-order valence-corrected chi connectivity index (χ3v) is 5.25. The summed E-state index contributed by atoms with van der Waals surface area (Å²) in [5.74, 6) is -0.644. The van der Waals surface area contributed by atoms with Crippen molar-refractivity contribution in [3.63, 3.8) is 0 Å². The van der Waals surface area contributed by atoms with Crippen molar-refractivity contribution in [2.75, 3.05) is 0 Å². The van der Waals surface area contributed by atoms with Crippen molar-refractivity contribution in [2.24, 2.45) is 0 Å². The van der Waals surface area contributed by atoms with Gasteiger partial charge in [-0.15, -0.1) is 11.8 Å². The van der Waals surface area contributed by atoms with Crippen LogP contribution in [0.5, 0.6) is 0 Å². The third-order valence-electron chi connectivity index (χ3n) is 4.16. The summed E-state index contributed by atoms with van der Waals surface area (Å²) in [6.07, 6.45) is 1.06. The lowest BCUT2D eigenvalue weighted by Crippen LogP contribution is -2.34. The molecule has 0 unspecified atom stereocenters. The minimum absolute atomic E-state index is 0.215. The highest BCUT2D eigenvalue weighted by Crippen LogP contribution is 2.28. The van der Waals surface area contributed by atoms with Crippen LogP contribution in [0, 0.1) is 6.92 Å². The molecule has 1 N–H and O–H groups in total. The molecule has 1 fully saturated rings. The molecule has 0 bridgehead atoms. The number of carbonyl (C=O) groups excluding carboxylic acids is 2. The minimum Gasteiger partial charge on any atom is -0.446 e. The van der Waals surface area contributed by atoms with Gasteiger partial charge in [-0.05, 0) is 38.8 Å². The molecule has 2 aromatic rings. The van der Waals surface area contributed by atoms with Gasteiger partial charge in [0.15, 0.2) is 0 Å². The van der Waals surface area contributed by atoms with Crippen molar-refractivity contribution in [2.45, 2.75) is 49.0 Å². The number of ether oxygens (including phenoxy) is 1. The molecule has 1 aliphatic carbocycles. The molecule has 1 amide bonds. The molecule has 0 saturated heterocycles. The van der Waals surface area contributed by atoms with E-state index in [1.165, 1.54) is 17.3 Å². The summed E-state index contributed by atoms with van der Waals surface area (Å²) >= 11 is 1.43. The summed E-state index contributed by atoms with van der Waals surface area (Å²) in [5, 5.41) is 2.52. The Balaban J connectivity index is 1.67. The molecule has 0 heterocycles. The molecule has 3 rings (SSSR count). The van der Waals surface area contributed by atoms with Gasteiger partial charge in [0, 0.05) is 16.5 Å². The van der Waals surface area contributed by atoms with Crippen LogP contribution in [0.2, 0.25) is 0 Å². The van der Waals surface area contributed by atoms with Gasteiger partial charge in [0.2, 0.25) is 6.10 Å². The zero-order chi connectivity index (χ0) is 18.5. The molecule has 1 saturated carbocycles. The van der Waals surface area contributed by atoms with Gasteiger partial charge in [-0.1, -0.05) is 48.0 Å². The van der Waals surface area contributed by atoms with E-state index in [1.54, 1.807) is 6.92 Å². The summed E-state index contributed by atoms with van der Waals surface area (Å²) in [6.45, 7) is 3.82. The fourth-order valence-electron chi connectivity index (χ4n) is 2.49. The first-order valence-corrected chi connectivity index (χ1v) is 9.70. The maximum absolute atomic E-state index is 12.6. The topological polar surface area (TPSA) is 55.4 Å². The predicted octanol–water partition coefficient (Wildman–Crippen LogP) is 4.04. The Labute approximate surface area is 158 Å². The number of nitrogens with one attached hydrogen (secondary N) is 1. The van der Waals surface area contributed by atoms with Gasteiger partial charge < -0.3 is 10.1 Å². The average Bonchev–Trinajstić information content (AvgIpc) is 3.46. The lowest BCUT2D eigenvalue weighted by Gasteiger charge is -2.20. The van der Waals surface area contributed by atoms with Crippen molar-refractivity contribution in [3.8, 4) is 0 Å². The molecule has 1 aliphatic rings. The van der Waals surface area contributed by atoms with Crippen LogP contribution in [-0.4, -0.2) is 23.2 Å². The third kappa shape index (κ3) is 5.11. The van der Waals surface area contributed by atoms with Crippen LogP contribution in [0.4, 0.5) is 0 Å². The molecular weight excluding hydrogens is 346 g/mol. The number of esters is 1. The van der Waals surface area contributed by atoms with Crippen molar-refractivity contribution in [1.29, 1.82) is 0 Å². The number of benzene rings is 2. The number of amides is 1. The largest absolute Gasteiger partial charge is 0.446 e. The number of aryl methyl sites for hydroxylation is 1. The Kier molecular flexibility index (Phi) is 5.99. The van der Waals surface area contributed by atoms with E-state index in [0.29, 0.717) is 5.56 Å². The molecule has 2 atom stereocenters. The first kappa shape index (κ1) is 18.5. The fraction of sp³-hybridized carbons (Fsp3) is 0.333.